The number of carbonyl (C=O) groups is 1. The average Bonchev–Trinajstić information content (AvgIpc) is 2.71. The third-order valence-electron chi connectivity index (χ3n) is 3.73. The van der Waals surface area contributed by atoms with E-state index in [1.54, 1.807) is 0 Å². The molecule has 2 atom stereocenters. The van der Waals surface area contributed by atoms with Crippen molar-refractivity contribution in [2.45, 2.75) is 52.0 Å². The zero-order valence-electron chi connectivity index (χ0n) is 11.6. The first kappa shape index (κ1) is 13.1. The highest BCUT2D eigenvalue weighted by molar-refractivity contribution is 5.80. The van der Waals surface area contributed by atoms with Crippen LogP contribution in [0, 0.1) is 5.92 Å². The van der Waals surface area contributed by atoms with Crippen molar-refractivity contribution in [2.24, 2.45) is 5.92 Å². The molecule has 18 heavy (non-hydrogen) atoms. The first-order valence-electron chi connectivity index (χ1n) is 6.98. The molecular weight excluding hydrogens is 222 g/mol. The lowest BCUT2D eigenvalue weighted by Crippen LogP contribution is -2.27. The fourth-order valence-corrected chi connectivity index (χ4v) is 2.82. The molecule has 2 rings (SSSR count). The molecule has 0 radical (unpaired) electrons. The minimum absolute atomic E-state index is 0.193. The van der Waals surface area contributed by atoms with Crippen LogP contribution in [-0.2, 0) is 11.2 Å². The summed E-state index contributed by atoms with van der Waals surface area (Å²) in [5.74, 6) is 1.24. The Labute approximate surface area is 110 Å². The van der Waals surface area contributed by atoms with Gasteiger partial charge in [0.05, 0.1) is 0 Å². The maximum absolute atomic E-state index is 11.5. The van der Waals surface area contributed by atoms with Crippen LogP contribution in [-0.4, -0.2) is 11.9 Å². The van der Waals surface area contributed by atoms with Crippen LogP contribution in [0.15, 0.2) is 24.3 Å². The highest BCUT2D eigenvalue weighted by Gasteiger charge is 2.31. The van der Waals surface area contributed by atoms with Crippen LogP contribution < -0.4 is 5.32 Å². The van der Waals surface area contributed by atoms with Crippen molar-refractivity contribution in [1.82, 2.24) is 5.32 Å². The van der Waals surface area contributed by atoms with Gasteiger partial charge in [-0.2, -0.15) is 0 Å². The number of benzene rings is 1. The molecular formula is C16H23NO. The lowest BCUT2D eigenvalue weighted by atomic mass is 9.89. The van der Waals surface area contributed by atoms with Gasteiger partial charge in [0.1, 0.15) is 0 Å². The number of hydrogen-bond acceptors (Lipinski definition) is 1. The molecule has 1 N–H and O–H groups in total. The molecule has 0 spiro atoms. The summed E-state index contributed by atoms with van der Waals surface area (Å²) in [5, 5.41) is 3.06. The van der Waals surface area contributed by atoms with E-state index in [4.69, 9.17) is 0 Å². The van der Waals surface area contributed by atoms with Crippen LogP contribution >= 0.6 is 0 Å². The highest BCUT2D eigenvalue weighted by atomic mass is 16.2. The Morgan fingerprint density at radius 2 is 1.94 bits per heavy atom. The molecule has 1 aromatic carbocycles. The van der Waals surface area contributed by atoms with E-state index in [-0.39, 0.29) is 5.91 Å². The second-order valence-electron chi connectivity index (χ2n) is 5.73. The largest absolute Gasteiger partial charge is 0.353 e. The number of amides is 1. The van der Waals surface area contributed by atoms with Crippen LogP contribution in [0.4, 0.5) is 0 Å². The molecule has 2 nitrogen and oxygen atoms in total. The van der Waals surface area contributed by atoms with E-state index in [0.717, 1.165) is 12.8 Å². The zero-order chi connectivity index (χ0) is 13.1. The summed E-state index contributed by atoms with van der Waals surface area (Å²) in [5.41, 5.74) is 2.69. The number of carbonyl (C=O) groups excluding carboxylic acids is 1. The summed E-state index contributed by atoms with van der Waals surface area (Å²) in [6, 6.07) is 9.14. The van der Waals surface area contributed by atoms with Gasteiger partial charge in [0, 0.05) is 18.4 Å². The Kier molecular flexibility index (Phi) is 4.05. The van der Waals surface area contributed by atoms with Crippen molar-refractivity contribution in [2.75, 3.05) is 0 Å². The van der Waals surface area contributed by atoms with Crippen molar-refractivity contribution in [3.63, 3.8) is 0 Å². The molecule has 1 aromatic rings. The van der Waals surface area contributed by atoms with Crippen LogP contribution in [0.1, 0.15) is 50.7 Å². The van der Waals surface area contributed by atoms with Crippen molar-refractivity contribution in [1.29, 1.82) is 0 Å². The zero-order valence-corrected chi connectivity index (χ0v) is 11.6. The molecule has 1 aliphatic heterocycles. The third kappa shape index (κ3) is 2.92. The van der Waals surface area contributed by atoms with E-state index in [2.05, 4.69) is 50.4 Å². The third-order valence-corrected chi connectivity index (χ3v) is 3.73. The fourth-order valence-electron chi connectivity index (χ4n) is 2.82. The van der Waals surface area contributed by atoms with Gasteiger partial charge in [0.2, 0.25) is 5.91 Å². The molecule has 0 saturated carbocycles. The lowest BCUT2D eigenvalue weighted by molar-refractivity contribution is -0.119. The molecule has 1 amide bonds. The van der Waals surface area contributed by atoms with Gasteiger partial charge in [0.15, 0.2) is 0 Å². The smallest absolute Gasteiger partial charge is 0.220 e. The van der Waals surface area contributed by atoms with E-state index >= 15 is 0 Å². The fraction of sp³-hybridized carbons (Fsp3) is 0.562. The Balaban J connectivity index is 2.11. The van der Waals surface area contributed by atoms with Crippen LogP contribution in [0.25, 0.3) is 0 Å². The Morgan fingerprint density at radius 3 is 2.50 bits per heavy atom. The normalized spacial score (nSPS) is 23.4. The van der Waals surface area contributed by atoms with Crippen LogP contribution in [0.5, 0.6) is 0 Å². The van der Waals surface area contributed by atoms with Crippen LogP contribution in [0.2, 0.25) is 0 Å². The van der Waals surface area contributed by atoms with Gasteiger partial charge in [-0.05, 0) is 29.9 Å². The number of hydrogen-bond donors (Lipinski definition) is 1. The van der Waals surface area contributed by atoms with Crippen molar-refractivity contribution < 1.29 is 4.79 Å². The van der Waals surface area contributed by atoms with E-state index in [1.165, 1.54) is 11.1 Å². The predicted octanol–water partition coefficient (Wildman–Crippen LogP) is 3.27. The maximum atomic E-state index is 11.5. The molecule has 1 fully saturated rings. The second-order valence-corrected chi connectivity index (χ2v) is 5.73. The lowest BCUT2D eigenvalue weighted by Gasteiger charge is -2.17. The summed E-state index contributed by atoms with van der Waals surface area (Å²) < 4.78 is 0. The van der Waals surface area contributed by atoms with Gasteiger partial charge in [-0.1, -0.05) is 45.0 Å². The molecule has 98 valence electrons. The minimum atomic E-state index is 0.193. The molecule has 1 aliphatic rings. The standard InChI is InChI=1S/C16H23NO/c1-4-15-14(10-16(18)17-15)13-7-5-12(6-8-13)9-11(2)3/h5-8,11,14-15H,4,9-10H2,1-3H3,(H,17,18). The van der Waals surface area contributed by atoms with Gasteiger partial charge in [-0.15, -0.1) is 0 Å². The molecule has 1 heterocycles. The van der Waals surface area contributed by atoms with Crippen molar-refractivity contribution >= 4 is 5.91 Å². The van der Waals surface area contributed by atoms with Gasteiger partial charge >= 0.3 is 0 Å². The maximum Gasteiger partial charge on any atom is 0.220 e. The first-order valence-corrected chi connectivity index (χ1v) is 6.98. The Hall–Kier alpha value is -1.31. The summed E-state index contributed by atoms with van der Waals surface area (Å²) in [4.78, 5) is 11.5. The monoisotopic (exact) mass is 245 g/mol. The summed E-state index contributed by atoms with van der Waals surface area (Å²) in [6.45, 7) is 6.61. The Bertz CT molecular complexity index is 408. The molecule has 0 aliphatic carbocycles. The van der Waals surface area contributed by atoms with Gasteiger partial charge < -0.3 is 5.32 Å². The molecule has 0 aromatic heterocycles. The quantitative estimate of drug-likeness (QED) is 0.866. The van der Waals surface area contributed by atoms with E-state index in [1.807, 2.05) is 0 Å². The molecule has 1 saturated heterocycles. The Morgan fingerprint density at radius 1 is 1.28 bits per heavy atom. The number of nitrogens with one attached hydrogen (secondary N) is 1. The van der Waals surface area contributed by atoms with Crippen molar-refractivity contribution in [3.8, 4) is 0 Å². The van der Waals surface area contributed by atoms with Gasteiger partial charge in [-0.25, -0.2) is 0 Å². The first-order chi connectivity index (χ1) is 8.60. The summed E-state index contributed by atoms with van der Waals surface area (Å²) in [7, 11) is 0. The number of rotatable bonds is 4. The minimum Gasteiger partial charge on any atom is -0.353 e. The second kappa shape index (κ2) is 5.55. The molecule has 2 unspecified atom stereocenters. The predicted molar refractivity (Wildman–Crippen MR) is 74.6 cm³/mol. The van der Waals surface area contributed by atoms with Gasteiger partial charge in [0.25, 0.3) is 0 Å². The molecule has 0 bridgehead atoms. The average molecular weight is 245 g/mol. The van der Waals surface area contributed by atoms with Crippen LogP contribution in [0.3, 0.4) is 0 Å². The van der Waals surface area contributed by atoms with E-state index < -0.39 is 0 Å². The molecule has 2 heteroatoms. The van der Waals surface area contributed by atoms with Crippen molar-refractivity contribution in [3.05, 3.63) is 35.4 Å². The van der Waals surface area contributed by atoms with E-state index in [0.29, 0.717) is 24.3 Å². The SMILES string of the molecule is CCC1NC(=O)CC1c1ccc(CC(C)C)cc1. The topological polar surface area (TPSA) is 29.1 Å². The van der Waals surface area contributed by atoms with E-state index in [9.17, 15) is 4.79 Å². The summed E-state index contributed by atoms with van der Waals surface area (Å²) in [6.07, 6.45) is 2.77. The summed E-state index contributed by atoms with van der Waals surface area (Å²) >= 11 is 0. The highest BCUT2D eigenvalue weighted by Crippen LogP contribution is 2.30. The van der Waals surface area contributed by atoms with Gasteiger partial charge in [-0.3, -0.25) is 4.79 Å².